The zero-order valence-corrected chi connectivity index (χ0v) is 19.1. The SMILES string of the molecule is Cc1cc(C)c(NC(=O)CCN(C)c2ncnc3sc(-c4ccccc4)cc23)c(C)c1. The van der Waals surface area contributed by atoms with E-state index in [2.05, 4.69) is 52.5 Å². The van der Waals surface area contributed by atoms with Gasteiger partial charge in [0.15, 0.2) is 0 Å². The minimum atomic E-state index is 0.00231. The first-order chi connectivity index (χ1) is 14.9. The first-order valence-electron chi connectivity index (χ1n) is 10.3. The molecule has 0 bridgehead atoms. The number of rotatable bonds is 6. The number of anilines is 2. The Balaban J connectivity index is 1.48. The summed E-state index contributed by atoms with van der Waals surface area (Å²) in [7, 11) is 1.97. The Morgan fingerprint density at radius 2 is 1.74 bits per heavy atom. The zero-order chi connectivity index (χ0) is 22.0. The van der Waals surface area contributed by atoms with Gasteiger partial charge in [0.1, 0.15) is 17.0 Å². The molecule has 0 radical (unpaired) electrons. The number of thiophene rings is 1. The Hall–Kier alpha value is -3.25. The summed E-state index contributed by atoms with van der Waals surface area (Å²) in [6.07, 6.45) is 1.98. The monoisotopic (exact) mass is 430 g/mol. The van der Waals surface area contributed by atoms with Crippen LogP contribution in [0.25, 0.3) is 20.7 Å². The van der Waals surface area contributed by atoms with Crippen LogP contribution in [0.15, 0.2) is 54.9 Å². The molecule has 0 aliphatic carbocycles. The van der Waals surface area contributed by atoms with E-state index in [9.17, 15) is 4.79 Å². The molecule has 158 valence electrons. The van der Waals surface area contributed by atoms with Crippen molar-refractivity contribution in [1.82, 2.24) is 9.97 Å². The number of aromatic nitrogens is 2. The number of hydrogen-bond donors (Lipinski definition) is 1. The lowest BCUT2D eigenvalue weighted by atomic mass is 10.1. The molecule has 31 heavy (non-hydrogen) atoms. The lowest BCUT2D eigenvalue weighted by Gasteiger charge is -2.19. The highest BCUT2D eigenvalue weighted by Gasteiger charge is 2.15. The van der Waals surface area contributed by atoms with Crippen LogP contribution in [0.4, 0.5) is 11.5 Å². The van der Waals surface area contributed by atoms with E-state index < -0.39 is 0 Å². The van der Waals surface area contributed by atoms with Crippen molar-refractivity contribution < 1.29 is 4.79 Å². The normalized spacial score (nSPS) is 11.0. The second kappa shape index (κ2) is 8.86. The van der Waals surface area contributed by atoms with E-state index in [-0.39, 0.29) is 5.91 Å². The molecule has 0 saturated heterocycles. The van der Waals surface area contributed by atoms with E-state index in [0.717, 1.165) is 37.7 Å². The smallest absolute Gasteiger partial charge is 0.226 e. The number of hydrogen-bond acceptors (Lipinski definition) is 5. The lowest BCUT2D eigenvalue weighted by molar-refractivity contribution is -0.116. The second-order valence-corrected chi connectivity index (χ2v) is 8.92. The summed E-state index contributed by atoms with van der Waals surface area (Å²) in [6, 6.07) is 16.6. The molecule has 1 N–H and O–H groups in total. The third kappa shape index (κ3) is 4.59. The first kappa shape index (κ1) is 21.0. The van der Waals surface area contributed by atoms with E-state index >= 15 is 0 Å². The van der Waals surface area contributed by atoms with Gasteiger partial charge in [-0.3, -0.25) is 4.79 Å². The van der Waals surface area contributed by atoms with Crippen LogP contribution in [0.5, 0.6) is 0 Å². The molecule has 2 aromatic heterocycles. The molecule has 0 saturated carbocycles. The van der Waals surface area contributed by atoms with Gasteiger partial charge in [-0.1, -0.05) is 48.0 Å². The van der Waals surface area contributed by atoms with Crippen LogP contribution in [0.2, 0.25) is 0 Å². The van der Waals surface area contributed by atoms with Crippen LogP contribution >= 0.6 is 11.3 Å². The van der Waals surface area contributed by atoms with Crippen molar-refractivity contribution in [2.75, 3.05) is 23.8 Å². The number of nitrogens with one attached hydrogen (secondary N) is 1. The minimum Gasteiger partial charge on any atom is -0.359 e. The van der Waals surface area contributed by atoms with Crippen molar-refractivity contribution in [2.24, 2.45) is 0 Å². The van der Waals surface area contributed by atoms with Gasteiger partial charge in [-0.15, -0.1) is 11.3 Å². The Bertz CT molecular complexity index is 1210. The topological polar surface area (TPSA) is 58.1 Å². The van der Waals surface area contributed by atoms with Crippen LogP contribution in [-0.4, -0.2) is 29.5 Å². The van der Waals surface area contributed by atoms with Gasteiger partial charge in [-0.2, -0.15) is 0 Å². The Morgan fingerprint density at radius 3 is 2.45 bits per heavy atom. The molecule has 0 fully saturated rings. The third-order valence-electron chi connectivity index (χ3n) is 5.34. The highest BCUT2D eigenvalue weighted by molar-refractivity contribution is 7.21. The molecule has 0 unspecified atom stereocenters. The number of benzene rings is 2. The summed E-state index contributed by atoms with van der Waals surface area (Å²) in [6.45, 7) is 6.69. The van der Waals surface area contributed by atoms with E-state index in [1.54, 1.807) is 17.7 Å². The molecular formula is C25H26N4OS. The lowest BCUT2D eigenvalue weighted by Crippen LogP contribution is -2.25. The Labute approximate surface area is 186 Å². The highest BCUT2D eigenvalue weighted by Crippen LogP contribution is 2.35. The van der Waals surface area contributed by atoms with Gasteiger partial charge in [-0.25, -0.2) is 9.97 Å². The number of carbonyl (C=O) groups excluding carboxylic acids is 1. The second-order valence-electron chi connectivity index (χ2n) is 7.89. The average molecular weight is 431 g/mol. The fourth-order valence-corrected chi connectivity index (χ4v) is 4.85. The molecule has 2 aromatic carbocycles. The highest BCUT2D eigenvalue weighted by atomic mass is 32.1. The quantitative estimate of drug-likeness (QED) is 0.423. The van der Waals surface area contributed by atoms with Gasteiger partial charge < -0.3 is 10.2 Å². The molecule has 5 nitrogen and oxygen atoms in total. The molecule has 1 amide bonds. The molecule has 4 rings (SSSR count). The number of fused-ring (bicyclic) bond motifs is 1. The van der Waals surface area contributed by atoms with Crippen molar-refractivity contribution in [2.45, 2.75) is 27.2 Å². The molecule has 6 heteroatoms. The summed E-state index contributed by atoms with van der Waals surface area (Å²) in [5, 5.41) is 4.09. The number of nitrogens with zero attached hydrogens (tertiary/aromatic N) is 3. The maximum absolute atomic E-state index is 12.6. The van der Waals surface area contributed by atoms with Crippen LogP contribution < -0.4 is 10.2 Å². The molecule has 0 atom stereocenters. The van der Waals surface area contributed by atoms with Crippen LogP contribution in [0.3, 0.4) is 0 Å². The van der Waals surface area contributed by atoms with Gasteiger partial charge in [0.2, 0.25) is 5.91 Å². The summed E-state index contributed by atoms with van der Waals surface area (Å²) >= 11 is 1.66. The van der Waals surface area contributed by atoms with E-state index in [0.29, 0.717) is 13.0 Å². The van der Waals surface area contributed by atoms with Gasteiger partial charge in [0.25, 0.3) is 0 Å². The number of aryl methyl sites for hydroxylation is 3. The molecule has 0 aliphatic heterocycles. The van der Waals surface area contributed by atoms with Gasteiger partial charge in [0.05, 0.1) is 5.39 Å². The maximum atomic E-state index is 12.6. The zero-order valence-electron chi connectivity index (χ0n) is 18.3. The van der Waals surface area contributed by atoms with Crippen LogP contribution in [0, 0.1) is 20.8 Å². The summed E-state index contributed by atoms with van der Waals surface area (Å²) in [4.78, 5) is 25.7. The summed E-state index contributed by atoms with van der Waals surface area (Å²) in [5.41, 5.74) is 5.45. The molecule has 0 spiro atoms. The molecule has 2 heterocycles. The van der Waals surface area contributed by atoms with Gasteiger partial charge in [-0.05, 0) is 43.5 Å². The average Bonchev–Trinajstić information content (AvgIpc) is 3.19. The third-order valence-corrected chi connectivity index (χ3v) is 6.44. The van der Waals surface area contributed by atoms with Crippen molar-refractivity contribution in [1.29, 1.82) is 0 Å². The Morgan fingerprint density at radius 1 is 1.03 bits per heavy atom. The largest absolute Gasteiger partial charge is 0.359 e. The molecular weight excluding hydrogens is 404 g/mol. The van der Waals surface area contributed by atoms with E-state index in [1.807, 2.05) is 44.0 Å². The standard InChI is InChI=1S/C25H26N4OS/c1-16-12-17(2)23(18(3)13-16)28-22(30)10-11-29(4)24-20-14-21(19-8-6-5-7-9-19)31-25(20)27-15-26-24/h5-9,12-15H,10-11H2,1-4H3,(H,28,30). The number of carbonyl (C=O) groups is 1. The van der Waals surface area contributed by atoms with Gasteiger partial charge >= 0.3 is 0 Å². The van der Waals surface area contributed by atoms with Crippen LogP contribution in [0.1, 0.15) is 23.1 Å². The molecule has 4 aromatic rings. The Kier molecular flexibility index (Phi) is 6.00. The van der Waals surface area contributed by atoms with Crippen molar-refractivity contribution in [3.8, 4) is 10.4 Å². The fourth-order valence-electron chi connectivity index (χ4n) is 3.85. The van der Waals surface area contributed by atoms with Crippen molar-refractivity contribution in [3.63, 3.8) is 0 Å². The summed E-state index contributed by atoms with van der Waals surface area (Å²) in [5.74, 6) is 0.849. The predicted octanol–water partition coefficient (Wildman–Crippen LogP) is 5.75. The molecule has 0 aliphatic rings. The predicted molar refractivity (Wildman–Crippen MR) is 130 cm³/mol. The maximum Gasteiger partial charge on any atom is 0.226 e. The minimum absolute atomic E-state index is 0.00231. The van der Waals surface area contributed by atoms with Gasteiger partial charge in [0, 0.05) is 30.6 Å². The first-order valence-corrected chi connectivity index (χ1v) is 11.1. The number of amides is 1. The van der Waals surface area contributed by atoms with E-state index in [1.165, 1.54) is 11.1 Å². The fraction of sp³-hybridized carbons (Fsp3) is 0.240. The summed E-state index contributed by atoms with van der Waals surface area (Å²) < 4.78 is 0. The van der Waals surface area contributed by atoms with Crippen molar-refractivity contribution >= 4 is 39.0 Å². The van der Waals surface area contributed by atoms with E-state index in [4.69, 9.17) is 0 Å². The van der Waals surface area contributed by atoms with Crippen LogP contribution in [-0.2, 0) is 4.79 Å². The van der Waals surface area contributed by atoms with Crippen molar-refractivity contribution in [3.05, 3.63) is 71.5 Å².